The van der Waals surface area contributed by atoms with Gasteiger partial charge in [0.25, 0.3) is 0 Å². The van der Waals surface area contributed by atoms with Gasteiger partial charge in [-0.1, -0.05) is 159 Å². The van der Waals surface area contributed by atoms with Crippen LogP contribution in [-0.4, -0.2) is 0 Å². The average molecular weight is 756 g/mol. The third-order valence-corrected chi connectivity index (χ3v) is 12.3. The summed E-state index contributed by atoms with van der Waals surface area (Å²) in [5, 5.41) is 2.27. The average Bonchev–Trinajstić information content (AvgIpc) is 3.78. The van der Waals surface area contributed by atoms with Gasteiger partial charge in [0.1, 0.15) is 11.2 Å². The SMILES string of the molecule is CC1(C)c2cc(-c3ccccc3)ccc2-c2ccc(N(c3ccccc3)c3ccc(-c4ccc(-c5ccc6oc7ccc(-c8ccccc8)cc7c6c5)cc4)cc3)cc21. The van der Waals surface area contributed by atoms with Crippen molar-refractivity contribution in [3.05, 3.63) is 223 Å². The van der Waals surface area contributed by atoms with Crippen LogP contribution in [0, 0.1) is 0 Å². The number of hydrogen-bond donors (Lipinski definition) is 0. The summed E-state index contributed by atoms with van der Waals surface area (Å²) < 4.78 is 6.25. The fraction of sp³-hybridized carbons (Fsp3) is 0.0526. The van der Waals surface area contributed by atoms with Crippen LogP contribution in [0.4, 0.5) is 17.1 Å². The molecule has 0 radical (unpaired) electrons. The highest BCUT2D eigenvalue weighted by molar-refractivity contribution is 6.07. The van der Waals surface area contributed by atoms with Crippen LogP contribution in [0.5, 0.6) is 0 Å². The molecule has 2 heteroatoms. The monoisotopic (exact) mass is 755 g/mol. The highest BCUT2D eigenvalue weighted by atomic mass is 16.3. The van der Waals surface area contributed by atoms with E-state index in [1.807, 2.05) is 0 Å². The smallest absolute Gasteiger partial charge is 0.135 e. The molecule has 2 nitrogen and oxygen atoms in total. The van der Waals surface area contributed by atoms with Crippen molar-refractivity contribution in [2.75, 3.05) is 4.90 Å². The van der Waals surface area contributed by atoms with Gasteiger partial charge in [-0.25, -0.2) is 0 Å². The van der Waals surface area contributed by atoms with Crippen LogP contribution in [0.15, 0.2) is 217 Å². The van der Waals surface area contributed by atoms with E-state index in [4.69, 9.17) is 4.42 Å². The molecule has 10 aromatic rings. The van der Waals surface area contributed by atoms with Gasteiger partial charge in [0, 0.05) is 33.2 Å². The third-order valence-electron chi connectivity index (χ3n) is 12.3. The lowest BCUT2D eigenvalue weighted by atomic mass is 9.81. The molecule has 9 aromatic carbocycles. The fourth-order valence-electron chi connectivity index (χ4n) is 9.12. The standard InChI is InChI=1S/C57H41NO/c1-57(2)53-36-45(39-14-8-4-9-15-39)24-30-49(53)50-31-29-48(37-54(50)57)58(46-16-10-5-11-17-46)47-27-22-41(23-28-47)40-18-20-42(21-19-40)44-26-33-56-52(35-44)51-34-43(25-32-55(51)59-56)38-12-6-3-7-13-38/h3-37H,1-2H3. The molecule has 0 atom stereocenters. The fourth-order valence-corrected chi connectivity index (χ4v) is 9.12. The van der Waals surface area contributed by atoms with Gasteiger partial charge < -0.3 is 9.32 Å². The summed E-state index contributed by atoms with van der Waals surface area (Å²) in [6.45, 7) is 4.73. The second-order valence-corrected chi connectivity index (χ2v) is 16.2. The third kappa shape index (κ3) is 6.04. The van der Waals surface area contributed by atoms with Gasteiger partial charge in [-0.3, -0.25) is 0 Å². The van der Waals surface area contributed by atoms with Gasteiger partial charge >= 0.3 is 0 Å². The molecule has 1 aliphatic rings. The Balaban J connectivity index is 0.893. The normalized spacial score (nSPS) is 12.7. The summed E-state index contributed by atoms with van der Waals surface area (Å²) >= 11 is 0. The zero-order chi connectivity index (χ0) is 39.5. The van der Waals surface area contributed by atoms with Crippen LogP contribution >= 0.6 is 0 Å². The van der Waals surface area contributed by atoms with Crippen LogP contribution in [-0.2, 0) is 5.41 Å². The first-order valence-corrected chi connectivity index (χ1v) is 20.4. The van der Waals surface area contributed by atoms with Gasteiger partial charge in [-0.2, -0.15) is 0 Å². The van der Waals surface area contributed by atoms with Crippen LogP contribution in [0.25, 0.3) is 77.6 Å². The lowest BCUT2D eigenvalue weighted by molar-refractivity contribution is 0.660. The molecule has 1 aliphatic carbocycles. The highest BCUT2D eigenvalue weighted by Crippen LogP contribution is 2.51. The molecule has 0 saturated heterocycles. The molecule has 0 saturated carbocycles. The number of furan rings is 1. The second-order valence-electron chi connectivity index (χ2n) is 16.2. The molecular weight excluding hydrogens is 715 g/mol. The molecule has 1 heterocycles. The number of rotatable bonds is 7. The van der Waals surface area contributed by atoms with Crippen LogP contribution in [0.2, 0.25) is 0 Å². The second kappa shape index (κ2) is 13.9. The Morgan fingerprint density at radius 3 is 1.25 bits per heavy atom. The van der Waals surface area contributed by atoms with Crippen molar-refractivity contribution in [2.45, 2.75) is 19.3 Å². The molecule has 59 heavy (non-hydrogen) atoms. The highest BCUT2D eigenvalue weighted by Gasteiger charge is 2.36. The number of fused-ring (bicyclic) bond motifs is 6. The molecule has 0 fully saturated rings. The maximum atomic E-state index is 6.25. The van der Waals surface area contributed by atoms with Crippen molar-refractivity contribution in [1.82, 2.24) is 0 Å². The van der Waals surface area contributed by atoms with E-state index in [0.717, 1.165) is 39.0 Å². The quantitative estimate of drug-likeness (QED) is 0.161. The van der Waals surface area contributed by atoms with Gasteiger partial charge in [-0.15, -0.1) is 0 Å². The summed E-state index contributed by atoms with van der Waals surface area (Å²) in [5.74, 6) is 0. The number of anilines is 3. The number of hydrogen-bond acceptors (Lipinski definition) is 2. The molecule has 0 aliphatic heterocycles. The molecular formula is C57H41NO. The number of para-hydroxylation sites is 1. The molecule has 0 bridgehead atoms. The molecule has 0 unspecified atom stereocenters. The number of nitrogens with zero attached hydrogens (tertiary/aromatic N) is 1. The molecule has 1 aromatic heterocycles. The van der Waals surface area contributed by atoms with Crippen molar-refractivity contribution in [3.63, 3.8) is 0 Å². The molecule has 11 rings (SSSR count). The Hall–Kier alpha value is -7.42. The van der Waals surface area contributed by atoms with E-state index >= 15 is 0 Å². The summed E-state index contributed by atoms with van der Waals surface area (Å²) in [6.07, 6.45) is 0. The van der Waals surface area contributed by atoms with Crippen molar-refractivity contribution in [3.8, 4) is 55.6 Å². The van der Waals surface area contributed by atoms with Crippen LogP contribution < -0.4 is 4.90 Å². The zero-order valence-electron chi connectivity index (χ0n) is 33.1. The van der Waals surface area contributed by atoms with Crippen molar-refractivity contribution < 1.29 is 4.42 Å². The van der Waals surface area contributed by atoms with E-state index in [-0.39, 0.29) is 5.41 Å². The van der Waals surface area contributed by atoms with E-state index in [1.165, 1.54) is 66.8 Å². The first-order valence-electron chi connectivity index (χ1n) is 20.4. The summed E-state index contributed by atoms with van der Waals surface area (Å²) in [4.78, 5) is 2.38. The lowest BCUT2D eigenvalue weighted by Gasteiger charge is -2.28. The van der Waals surface area contributed by atoms with Gasteiger partial charge in [0.05, 0.1) is 0 Å². The molecule has 0 N–H and O–H groups in total. The Kier molecular flexibility index (Phi) is 8.20. The number of benzene rings is 9. The van der Waals surface area contributed by atoms with Gasteiger partial charge in [0.2, 0.25) is 0 Å². The van der Waals surface area contributed by atoms with E-state index in [0.29, 0.717) is 0 Å². The molecule has 280 valence electrons. The Morgan fingerprint density at radius 2 is 0.695 bits per heavy atom. The van der Waals surface area contributed by atoms with Crippen molar-refractivity contribution in [2.24, 2.45) is 0 Å². The predicted octanol–water partition coefficient (Wildman–Crippen LogP) is 16.0. The first kappa shape index (κ1) is 34.8. The van der Waals surface area contributed by atoms with Crippen LogP contribution in [0.1, 0.15) is 25.0 Å². The summed E-state index contributed by atoms with van der Waals surface area (Å²) in [6, 6.07) is 76.8. The minimum Gasteiger partial charge on any atom is -0.456 e. The largest absolute Gasteiger partial charge is 0.456 e. The van der Waals surface area contributed by atoms with Crippen molar-refractivity contribution >= 4 is 39.0 Å². The zero-order valence-corrected chi connectivity index (χ0v) is 33.1. The lowest BCUT2D eigenvalue weighted by Crippen LogP contribution is -2.16. The minimum atomic E-state index is -0.145. The van der Waals surface area contributed by atoms with E-state index in [1.54, 1.807) is 0 Å². The minimum absolute atomic E-state index is 0.145. The van der Waals surface area contributed by atoms with Gasteiger partial charge in [0.15, 0.2) is 0 Å². The van der Waals surface area contributed by atoms with Crippen LogP contribution in [0.3, 0.4) is 0 Å². The maximum Gasteiger partial charge on any atom is 0.135 e. The Morgan fingerprint density at radius 1 is 0.322 bits per heavy atom. The molecule has 0 amide bonds. The Labute approximate surface area is 345 Å². The molecule has 0 spiro atoms. The topological polar surface area (TPSA) is 16.4 Å². The van der Waals surface area contributed by atoms with Crippen molar-refractivity contribution in [1.29, 1.82) is 0 Å². The Bertz CT molecular complexity index is 3140. The summed E-state index contributed by atoms with van der Waals surface area (Å²) in [5.41, 5.74) is 20.0. The maximum absolute atomic E-state index is 6.25. The van der Waals surface area contributed by atoms with E-state index in [2.05, 4.69) is 231 Å². The van der Waals surface area contributed by atoms with E-state index < -0.39 is 0 Å². The van der Waals surface area contributed by atoms with E-state index in [9.17, 15) is 0 Å². The van der Waals surface area contributed by atoms with Gasteiger partial charge in [-0.05, 0) is 133 Å². The predicted molar refractivity (Wildman–Crippen MR) is 248 cm³/mol. The first-order chi connectivity index (χ1) is 29.0. The summed E-state index contributed by atoms with van der Waals surface area (Å²) in [7, 11) is 0.